The lowest BCUT2D eigenvalue weighted by Crippen LogP contribution is -2.24. The van der Waals surface area contributed by atoms with E-state index in [1.54, 1.807) is 0 Å². The van der Waals surface area contributed by atoms with E-state index < -0.39 is 0 Å². The molecule has 3 N–H and O–H groups in total. The SMILES string of the molecule is Nc1c(C(=O)NCCC2=CCCC2)sc2cc(Br)ccc12. The number of anilines is 1. The monoisotopic (exact) mass is 364 g/mol. The fourth-order valence-electron chi connectivity index (χ4n) is 2.64. The van der Waals surface area contributed by atoms with E-state index in [0.717, 1.165) is 21.0 Å². The van der Waals surface area contributed by atoms with Gasteiger partial charge in [0.2, 0.25) is 0 Å². The number of nitrogen functional groups attached to an aromatic ring is 1. The number of carbonyl (C=O) groups excluding carboxylic acids is 1. The number of rotatable bonds is 4. The smallest absolute Gasteiger partial charge is 0.263 e. The maximum atomic E-state index is 12.3. The standard InChI is InChI=1S/C16H17BrN2OS/c17-11-5-6-12-13(9-11)21-15(14(12)18)16(20)19-8-7-10-3-1-2-4-10/h3,5-6,9H,1-2,4,7-8,18H2,(H,19,20). The molecule has 0 saturated heterocycles. The van der Waals surface area contributed by atoms with Gasteiger partial charge in [-0.15, -0.1) is 11.3 Å². The molecule has 0 radical (unpaired) electrons. The fraction of sp³-hybridized carbons (Fsp3) is 0.312. The number of nitrogens with one attached hydrogen (secondary N) is 1. The summed E-state index contributed by atoms with van der Waals surface area (Å²) in [6.45, 7) is 0.683. The molecule has 0 atom stereocenters. The lowest BCUT2D eigenvalue weighted by molar-refractivity contribution is 0.0959. The van der Waals surface area contributed by atoms with Gasteiger partial charge in [-0.3, -0.25) is 4.79 Å². The van der Waals surface area contributed by atoms with Crippen LogP contribution in [0.3, 0.4) is 0 Å². The molecule has 1 aliphatic carbocycles. The van der Waals surface area contributed by atoms with Crippen molar-refractivity contribution in [1.29, 1.82) is 0 Å². The van der Waals surface area contributed by atoms with Crippen LogP contribution in [0, 0.1) is 0 Å². The predicted octanol–water partition coefficient (Wildman–Crippen LogP) is 4.48. The van der Waals surface area contributed by atoms with Crippen LogP contribution in [0.15, 0.2) is 34.3 Å². The molecule has 0 bridgehead atoms. The Labute approximate surface area is 136 Å². The minimum Gasteiger partial charge on any atom is -0.397 e. The van der Waals surface area contributed by atoms with Gasteiger partial charge < -0.3 is 11.1 Å². The second kappa shape index (κ2) is 6.20. The topological polar surface area (TPSA) is 55.1 Å². The third kappa shape index (κ3) is 3.14. The zero-order chi connectivity index (χ0) is 14.8. The molecule has 0 unspecified atom stereocenters. The number of allylic oxidation sites excluding steroid dienone is 1. The van der Waals surface area contributed by atoms with Gasteiger partial charge in [0, 0.05) is 21.1 Å². The maximum Gasteiger partial charge on any atom is 0.263 e. The fourth-order valence-corrected chi connectivity index (χ4v) is 4.23. The minimum atomic E-state index is -0.0663. The van der Waals surface area contributed by atoms with Gasteiger partial charge in [0.15, 0.2) is 0 Å². The van der Waals surface area contributed by atoms with Crippen LogP contribution in [0.4, 0.5) is 5.69 Å². The highest BCUT2D eigenvalue weighted by molar-refractivity contribution is 9.10. The number of halogens is 1. The Morgan fingerprint density at radius 2 is 2.29 bits per heavy atom. The summed E-state index contributed by atoms with van der Waals surface area (Å²) in [7, 11) is 0. The first-order chi connectivity index (χ1) is 10.1. The van der Waals surface area contributed by atoms with Gasteiger partial charge in [0.1, 0.15) is 4.88 Å². The number of thiophene rings is 1. The second-order valence-corrected chi connectivity index (χ2v) is 7.21. The summed E-state index contributed by atoms with van der Waals surface area (Å²) < 4.78 is 2.03. The molecule has 1 aliphatic rings. The van der Waals surface area contributed by atoms with E-state index in [1.807, 2.05) is 18.2 Å². The van der Waals surface area contributed by atoms with Crippen molar-refractivity contribution in [2.24, 2.45) is 0 Å². The number of hydrogen-bond acceptors (Lipinski definition) is 3. The Morgan fingerprint density at radius 1 is 1.43 bits per heavy atom. The van der Waals surface area contributed by atoms with Crippen LogP contribution in [-0.4, -0.2) is 12.5 Å². The maximum absolute atomic E-state index is 12.3. The Kier molecular flexibility index (Phi) is 4.31. The molecule has 0 fully saturated rings. The van der Waals surface area contributed by atoms with Crippen LogP contribution in [0.25, 0.3) is 10.1 Å². The zero-order valence-electron chi connectivity index (χ0n) is 11.6. The van der Waals surface area contributed by atoms with Gasteiger partial charge in [0.25, 0.3) is 5.91 Å². The third-order valence-corrected chi connectivity index (χ3v) is 5.42. The Bertz CT molecular complexity index is 720. The molecule has 2 aromatic rings. The van der Waals surface area contributed by atoms with Crippen molar-refractivity contribution in [3.8, 4) is 0 Å². The quantitative estimate of drug-likeness (QED) is 0.785. The number of fused-ring (bicyclic) bond motifs is 1. The normalized spacial score (nSPS) is 14.4. The first-order valence-corrected chi connectivity index (χ1v) is 8.70. The molecule has 0 spiro atoms. The van der Waals surface area contributed by atoms with Crippen molar-refractivity contribution in [3.63, 3.8) is 0 Å². The lowest BCUT2D eigenvalue weighted by Gasteiger charge is -2.05. The summed E-state index contributed by atoms with van der Waals surface area (Å²) in [5, 5.41) is 3.93. The first kappa shape index (κ1) is 14.6. The summed E-state index contributed by atoms with van der Waals surface area (Å²) in [5.74, 6) is -0.0663. The van der Waals surface area contributed by atoms with E-state index in [9.17, 15) is 4.79 Å². The van der Waals surface area contributed by atoms with Gasteiger partial charge in [-0.05, 0) is 37.8 Å². The van der Waals surface area contributed by atoms with Crippen molar-refractivity contribution in [2.45, 2.75) is 25.7 Å². The van der Waals surface area contributed by atoms with Gasteiger partial charge in [-0.25, -0.2) is 0 Å². The molecule has 21 heavy (non-hydrogen) atoms. The molecular formula is C16H17BrN2OS. The number of nitrogens with two attached hydrogens (primary N) is 1. The molecule has 3 rings (SSSR count). The van der Waals surface area contributed by atoms with Crippen LogP contribution < -0.4 is 11.1 Å². The summed E-state index contributed by atoms with van der Waals surface area (Å²) in [6, 6.07) is 5.89. The summed E-state index contributed by atoms with van der Waals surface area (Å²) in [6.07, 6.45) is 6.84. The summed E-state index contributed by atoms with van der Waals surface area (Å²) in [4.78, 5) is 12.9. The average Bonchev–Trinajstić information content (AvgIpc) is 3.07. The van der Waals surface area contributed by atoms with E-state index in [2.05, 4.69) is 27.3 Å². The molecule has 110 valence electrons. The molecule has 1 heterocycles. The molecule has 3 nitrogen and oxygen atoms in total. The highest BCUT2D eigenvalue weighted by Gasteiger charge is 2.16. The van der Waals surface area contributed by atoms with Crippen molar-refractivity contribution in [3.05, 3.63) is 39.2 Å². The number of carbonyl (C=O) groups is 1. The van der Waals surface area contributed by atoms with Gasteiger partial charge in [0.05, 0.1) is 5.69 Å². The average molecular weight is 365 g/mol. The number of benzene rings is 1. The van der Waals surface area contributed by atoms with Crippen molar-refractivity contribution >= 4 is 48.9 Å². The largest absolute Gasteiger partial charge is 0.397 e. The van der Waals surface area contributed by atoms with E-state index in [4.69, 9.17) is 5.73 Å². The molecule has 0 aliphatic heterocycles. The Balaban J connectivity index is 1.70. The van der Waals surface area contributed by atoms with Gasteiger partial charge >= 0.3 is 0 Å². The molecule has 1 aromatic carbocycles. The lowest BCUT2D eigenvalue weighted by atomic mass is 10.1. The van der Waals surface area contributed by atoms with Crippen LogP contribution in [0.5, 0.6) is 0 Å². The van der Waals surface area contributed by atoms with Gasteiger partial charge in [-0.2, -0.15) is 0 Å². The molecule has 1 amide bonds. The van der Waals surface area contributed by atoms with Gasteiger partial charge in [-0.1, -0.05) is 33.6 Å². The summed E-state index contributed by atoms with van der Waals surface area (Å²) >= 11 is 4.89. The van der Waals surface area contributed by atoms with E-state index in [-0.39, 0.29) is 5.91 Å². The highest BCUT2D eigenvalue weighted by Crippen LogP contribution is 2.35. The molecule has 5 heteroatoms. The first-order valence-electron chi connectivity index (χ1n) is 7.09. The third-order valence-electron chi connectivity index (χ3n) is 3.76. The number of amides is 1. The van der Waals surface area contributed by atoms with Crippen molar-refractivity contribution in [2.75, 3.05) is 12.3 Å². The number of hydrogen-bond donors (Lipinski definition) is 2. The second-order valence-electron chi connectivity index (χ2n) is 5.25. The Morgan fingerprint density at radius 3 is 3.05 bits per heavy atom. The molecule has 0 saturated carbocycles. The zero-order valence-corrected chi connectivity index (χ0v) is 14.0. The van der Waals surface area contributed by atoms with E-state index in [0.29, 0.717) is 17.1 Å². The van der Waals surface area contributed by atoms with E-state index >= 15 is 0 Å². The van der Waals surface area contributed by atoms with Crippen LogP contribution in [-0.2, 0) is 0 Å². The van der Waals surface area contributed by atoms with Crippen LogP contribution >= 0.6 is 27.3 Å². The Hall–Kier alpha value is -1.33. The molecule has 1 aromatic heterocycles. The molecular weight excluding hydrogens is 348 g/mol. The summed E-state index contributed by atoms with van der Waals surface area (Å²) in [5.41, 5.74) is 8.15. The van der Waals surface area contributed by atoms with Crippen LogP contribution in [0.1, 0.15) is 35.4 Å². The van der Waals surface area contributed by atoms with Crippen LogP contribution in [0.2, 0.25) is 0 Å². The van der Waals surface area contributed by atoms with Crippen molar-refractivity contribution in [1.82, 2.24) is 5.32 Å². The predicted molar refractivity (Wildman–Crippen MR) is 92.8 cm³/mol. The highest BCUT2D eigenvalue weighted by atomic mass is 79.9. The van der Waals surface area contributed by atoms with E-state index in [1.165, 1.54) is 36.2 Å². The minimum absolute atomic E-state index is 0.0663. The van der Waals surface area contributed by atoms with Crippen molar-refractivity contribution < 1.29 is 4.79 Å².